The highest BCUT2D eigenvalue weighted by Gasteiger charge is 2.20. The van der Waals surface area contributed by atoms with Gasteiger partial charge in [-0.15, -0.1) is 0 Å². The number of nitrogens with zero attached hydrogens (tertiary/aromatic N) is 1. The molecule has 0 aromatic carbocycles. The molecule has 1 radical (unpaired) electrons. The third kappa shape index (κ3) is 1.05. The van der Waals surface area contributed by atoms with Crippen LogP contribution in [0.1, 0.15) is 32.1 Å². The van der Waals surface area contributed by atoms with E-state index in [0.29, 0.717) is 0 Å². The van der Waals surface area contributed by atoms with Crippen molar-refractivity contribution in [2.24, 2.45) is 5.92 Å². The van der Waals surface area contributed by atoms with Gasteiger partial charge in [0.05, 0.1) is 0 Å². The van der Waals surface area contributed by atoms with Gasteiger partial charge in [-0.05, 0) is 30.8 Å². The Morgan fingerprint density at radius 1 is 1.30 bits per heavy atom. The summed E-state index contributed by atoms with van der Waals surface area (Å²) in [5, 5.41) is 4.25. The van der Waals surface area contributed by atoms with Gasteiger partial charge in [-0.3, -0.25) is 5.32 Å². The summed E-state index contributed by atoms with van der Waals surface area (Å²) in [7, 11) is 0. The molecular weight excluding hydrogens is 122 g/mol. The maximum absolute atomic E-state index is 4.25. The molecule has 0 atom stereocenters. The van der Waals surface area contributed by atoms with Crippen molar-refractivity contribution in [1.82, 2.24) is 5.32 Å². The minimum atomic E-state index is 0.922. The molecule has 0 aromatic rings. The average Bonchev–Trinajstić information content (AvgIpc) is 2.59. The van der Waals surface area contributed by atoms with Crippen molar-refractivity contribution in [3.05, 3.63) is 11.8 Å². The summed E-state index contributed by atoms with van der Waals surface area (Å²) in [6.45, 7) is 1.06. The molecule has 1 fully saturated rings. The molecule has 0 unspecified atom stereocenters. The maximum atomic E-state index is 4.25. The lowest BCUT2D eigenvalue weighted by Gasteiger charge is -2.07. The second-order valence-electron chi connectivity index (χ2n) is 3.34. The SMILES string of the molecule is C1=C(C2CCCC2)CC[N]1. The Labute approximate surface area is 62.5 Å². The molecule has 10 heavy (non-hydrogen) atoms. The first kappa shape index (κ1) is 6.26. The predicted octanol–water partition coefficient (Wildman–Crippen LogP) is 2.07. The van der Waals surface area contributed by atoms with E-state index in [1.807, 2.05) is 0 Å². The Morgan fingerprint density at radius 3 is 2.70 bits per heavy atom. The molecule has 0 bridgehead atoms. The lowest BCUT2D eigenvalue weighted by Crippen LogP contribution is -1.95. The molecule has 1 aliphatic heterocycles. The minimum absolute atomic E-state index is 0.922. The normalized spacial score (nSPS) is 26.6. The highest BCUT2D eigenvalue weighted by molar-refractivity contribution is 5.11. The van der Waals surface area contributed by atoms with Crippen LogP contribution in [0.25, 0.3) is 0 Å². The highest BCUT2D eigenvalue weighted by atomic mass is 14.9. The summed E-state index contributed by atoms with van der Waals surface area (Å²) in [5.41, 5.74) is 1.64. The second kappa shape index (κ2) is 2.65. The van der Waals surface area contributed by atoms with Gasteiger partial charge in [-0.25, -0.2) is 0 Å². The van der Waals surface area contributed by atoms with Crippen LogP contribution in [0.4, 0.5) is 0 Å². The van der Waals surface area contributed by atoms with Crippen molar-refractivity contribution in [3.8, 4) is 0 Å². The molecule has 1 saturated carbocycles. The zero-order valence-corrected chi connectivity index (χ0v) is 6.34. The van der Waals surface area contributed by atoms with Crippen LogP contribution in [0.2, 0.25) is 0 Å². The Hall–Kier alpha value is -0.460. The van der Waals surface area contributed by atoms with Crippen molar-refractivity contribution in [2.45, 2.75) is 32.1 Å². The molecule has 1 heterocycles. The molecular formula is C9H14N. The first-order chi connectivity index (χ1) is 4.97. The van der Waals surface area contributed by atoms with Crippen molar-refractivity contribution in [3.63, 3.8) is 0 Å². The monoisotopic (exact) mass is 136 g/mol. The summed E-state index contributed by atoms with van der Waals surface area (Å²) in [6.07, 6.45) is 9.13. The maximum Gasteiger partial charge on any atom is 0.0427 e. The van der Waals surface area contributed by atoms with E-state index in [0.717, 1.165) is 12.5 Å². The molecule has 0 N–H and O–H groups in total. The lowest BCUT2D eigenvalue weighted by atomic mass is 9.97. The lowest BCUT2D eigenvalue weighted by molar-refractivity contribution is 0.625. The molecule has 0 aromatic heterocycles. The first-order valence-corrected chi connectivity index (χ1v) is 4.32. The van der Waals surface area contributed by atoms with Gasteiger partial charge >= 0.3 is 0 Å². The van der Waals surface area contributed by atoms with Crippen LogP contribution in [0.5, 0.6) is 0 Å². The van der Waals surface area contributed by atoms with Crippen LogP contribution in [-0.2, 0) is 0 Å². The van der Waals surface area contributed by atoms with Crippen molar-refractivity contribution in [1.29, 1.82) is 0 Å². The molecule has 1 aliphatic carbocycles. The Bertz CT molecular complexity index is 143. The molecule has 0 spiro atoms. The van der Waals surface area contributed by atoms with E-state index < -0.39 is 0 Å². The van der Waals surface area contributed by atoms with Gasteiger partial charge in [0, 0.05) is 12.7 Å². The largest absolute Gasteiger partial charge is 0.293 e. The predicted molar refractivity (Wildman–Crippen MR) is 41.7 cm³/mol. The molecule has 2 rings (SSSR count). The summed E-state index contributed by atoms with van der Waals surface area (Å²) in [5.74, 6) is 0.922. The zero-order valence-electron chi connectivity index (χ0n) is 6.34. The number of hydrogen-bond donors (Lipinski definition) is 0. The van der Waals surface area contributed by atoms with Gasteiger partial charge in [0.15, 0.2) is 0 Å². The van der Waals surface area contributed by atoms with E-state index >= 15 is 0 Å². The molecule has 0 amide bonds. The van der Waals surface area contributed by atoms with Gasteiger partial charge in [0.1, 0.15) is 0 Å². The third-order valence-electron chi connectivity index (χ3n) is 2.67. The third-order valence-corrected chi connectivity index (χ3v) is 2.67. The van der Waals surface area contributed by atoms with E-state index in [9.17, 15) is 0 Å². The van der Waals surface area contributed by atoms with Gasteiger partial charge in [0.2, 0.25) is 0 Å². The number of rotatable bonds is 1. The number of hydrogen-bond acceptors (Lipinski definition) is 0. The van der Waals surface area contributed by atoms with Gasteiger partial charge < -0.3 is 0 Å². The van der Waals surface area contributed by atoms with Gasteiger partial charge in [-0.1, -0.05) is 12.8 Å². The summed E-state index contributed by atoms with van der Waals surface area (Å²) >= 11 is 0. The van der Waals surface area contributed by atoms with Crippen molar-refractivity contribution in [2.75, 3.05) is 6.54 Å². The quantitative estimate of drug-likeness (QED) is 0.524. The van der Waals surface area contributed by atoms with E-state index in [2.05, 4.69) is 11.5 Å². The van der Waals surface area contributed by atoms with E-state index in [1.165, 1.54) is 32.1 Å². The molecule has 1 heteroatoms. The van der Waals surface area contributed by atoms with Crippen LogP contribution in [-0.4, -0.2) is 6.54 Å². The van der Waals surface area contributed by atoms with Crippen LogP contribution in [0.15, 0.2) is 11.8 Å². The van der Waals surface area contributed by atoms with Crippen LogP contribution < -0.4 is 5.32 Å². The fourth-order valence-electron chi connectivity index (χ4n) is 2.05. The van der Waals surface area contributed by atoms with E-state index in [-0.39, 0.29) is 0 Å². The Kier molecular flexibility index (Phi) is 1.66. The van der Waals surface area contributed by atoms with Crippen LogP contribution in [0.3, 0.4) is 0 Å². The minimum Gasteiger partial charge on any atom is -0.293 e. The highest BCUT2D eigenvalue weighted by Crippen LogP contribution is 2.33. The summed E-state index contributed by atoms with van der Waals surface area (Å²) in [4.78, 5) is 0. The van der Waals surface area contributed by atoms with E-state index in [1.54, 1.807) is 5.57 Å². The van der Waals surface area contributed by atoms with Crippen molar-refractivity contribution < 1.29 is 0 Å². The Morgan fingerprint density at radius 2 is 2.10 bits per heavy atom. The molecule has 55 valence electrons. The zero-order chi connectivity index (χ0) is 6.81. The second-order valence-corrected chi connectivity index (χ2v) is 3.34. The topological polar surface area (TPSA) is 14.1 Å². The van der Waals surface area contributed by atoms with E-state index in [4.69, 9.17) is 0 Å². The molecule has 1 nitrogen and oxygen atoms in total. The Balaban J connectivity index is 1.97. The van der Waals surface area contributed by atoms with Crippen LogP contribution >= 0.6 is 0 Å². The van der Waals surface area contributed by atoms with Crippen LogP contribution in [0, 0.1) is 5.92 Å². The first-order valence-electron chi connectivity index (χ1n) is 4.32. The molecule has 2 aliphatic rings. The summed E-state index contributed by atoms with van der Waals surface area (Å²) in [6, 6.07) is 0. The average molecular weight is 136 g/mol. The smallest absolute Gasteiger partial charge is 0.0427 e. The summed E-state index contributed by atoms with van der Waals surface area (Å²) < 4.78 is 0. The standard InChI is InChI=1S/C9H14N/c1-2-4-8(3-1)9-5-6-10-7-9/h7-8H,1-6H2. The fourth-order valence-corrected chi connectivity index (χ4v) is 2.05. The van der Waals surface area contributed by atoms with Crippen molar-refractivity contribution >= 4 is 0 Å². The van der Waals surface area contributed by atoms with Gasteiger partial charge in [-0.2, -0.15) is 0 Å². The molecule has 0 saturated heterocycles. The van der Waals surface area contributed by atoms with Gasteiger partial charge in [0.25, 0.3) is 0 Å². The fraction of sp³-hybridized carbons (Fsp3) is 0.778.